The molecule has 0 amide bonds. The second kappa shape index (κ2) is 7.73. The molecule has 27 heavy (non-hydrogen) atoms. The number of rotatable bonds is 3. The highest BCUT2D eigenvalue weighted by Gasteiger charge is 2.30. The first-order chi connectivity index (χ1) is 13.0. The summed E-state index contributed by atoms with van der Waals surface area (Å²) in [7, 11) is 0. The van der Waals surface area contributed by atoms with Crippen LogP contribution in [-0.4, -0.2) is 5.71 Å². The van der Waals surface area contributed by atoms with Crippen molar-refractivity contribution in [3.05, 3.63) is 97.9 Å². The maximum atomic E-state index is 6.40. The lowest BCUT2D eigenvalue weighted by atomic mass is 9.98. The smallest absolute Gasteiger partial charge is 0.0831 e. The Labute approximate surface area is 177 Å². The van der Waals surface area contributed by atoms with Crippen molar-refractivity contribution in [3.8, 4) is 0 Å². The molecule has 0 saturated carbocycles. The molecule has 0 saturated heterocycles. The van der Waals surface area contributed by atoms with Crippen LogP contribution in [0.3, 0.4) is 0 Å². The summed E-state index contributed by atoms with van der Waals surface area (Å²) in [4.78, 5) is 0. The predicted molar refractivity (Wildman–Crippen MR) is 116 cm³/mol. The van der Waals surface area contributed by atoms with Gasteiger partial charge in [-0.05, 0) is 42.0 Å². The number of hydrazone groups is 1. The van der Waals surface area contributed by atoms with Crippen LogP contribution in [0.25, 0.3) is 0 Å². The van der Waals surface area contributed by atoms with Crippen molar-refractivity contribution >= 4 is 57.8 Å². The molecule has 0 bridgehead atoms. The first-order valence-corrected chi connectivity index (χ1v) is 9.86. The molecule has 6 heteroatoms. The van der Waals surface area contributed by atoms with Gasteiger partial charge in [0.25, 0.3) is 0 Å². The summed E-state index contributed by atoms with van der Waals surface area (Å²) < 4.78 is 0. The molecule has 1 aliphatic rings. The van der Waals surface area contributed by atoms with E-state index in [0.717, 1.165) is 22.5 Å². The number of nitrogens with zero attached hydrogens (tertiary/aromatic N) is 2. The lowest BCUT2D eigenvalue weighted by Crippen LogP contribution is -2.18. The van der Waals surface area contributed by atoms with Gasteiger partial charge in [0.1, 0.15) is 0 Å². The van der Waals surface area contributed by atoms with Gasteiger partial charge in [0.2, 0.25) is 0 Å². The minimum Gasteiger partial charge on any atom is -0.257 e. The van der Waals surface area contributed by atoms with Crippen molar-refractivity contribution in [3.63, 3.8) is 0 Å². The molecule has 0 radical (unpaired) electrons. The molecule has 3 aromatic carbocycles. The van der Waals surface area contributed by atoms with Crippen LogP contribution in [0.5, 0.6) is 0 Å². The molecule has 136 valence electrons. The van der Waals surface area contributed by atoms with Crippen LogP contribution >= 0.6 is 46.4 Å². The molecule has 1 aliphatic heterocycles. The summed E-state index contributed by atoms with van der Waals surface area (Å²) in [6.45, 7) is 0. The lowest BCUT2D eigenvalue weighted by molar-refractivity contribution is 0.709. The highest BCUT2D eigenvalue weighted by Crippen LogP contribution is 2.39. The molecule has 2 nitrogen and oxygen atoms in total. The molecule has 0 spiro atoms. The van der Waals surface area contributed by atoms with Gasteiger partial charge in [0.05, 0.1) is 27.5 Å². The van der Waals surface area contributed by atoms with Crippen LogP contribution in [0.2, 0.25) is 20.1 Å². The van der Waals surface area contributed by atoms with Crippen molar-refractivity contribution in [2.45, 2.75) is 12.5 Å². The second-order valence-corrected chi connectivity index (χ2v) is 7.90. The fourth-order valence-electron chi connectivity index (χ4n) is 3.18. The Morgan fingerprint density at radius 3 is 2.22 bits per heavy atom. The van der Waals surface area contributed by atoms with Crippen LogP contribution in [0.4, 0.5) is 5.69 Å². The average Bonchev–Trinajstić information content (AvgIpc) is 3.10. The standard InChI is InChI=1S/C21H14Cl4N2/c22-14-7-5-13(6-8-14)21-12-20(16-3-1-2-4-17(16)23)26-27(21)15-9-10-18(24)19(25)11-15/h1-11,21H,12H2/t21-/m1/s1. The number of hydrogen-bond acceptors (Lipinski definition) is 2. The largest absolute Gasteiger partial charge is 0.257 e. The van der Waals surface area contributed by atoms with E-state index in [0.29, 0.717) is 26.5 Å². The normalized spacial score (nSPS) is 16.5. The number of anilines is 1. The Kier molecular flexibility index (Phi) is 5.34. The van der Waals surface area contributed by atoms with E-state index in [9.17, 15) is 0 Å². The summed E-state index contributed by atoms with van der Waals surface area (Å²) in [6, 6.07) is 21.1. The molecule has 1 atom stereocenters. The van der Waals surface area contributed by atoms with Gasteiger partial charge in [-0.3, -0.25) is 5.01 Å². The van der Waals surface area contributed by atoms with E-state index in [1.54, 1.807) is 6.07 Å². The Morgan fingerprint density at radius 1 is 0.778 bits per heavy atom. The molecule has 0 fully saturated rings. The zero-order valence-electron chi connectivity index (χ0n) is 14.0. The van der Waals surface area contributed by atoms with Gasteiger partial charge in [-0.2, -0.15) is 5.10 Å². The Morgan fingerprint density at radius 2 is 1.52 bits per heavy atom. The van der Waals surface area contributed by atoms with Crippen LogP contribution in [0.15, 0.2) is 71.8 Å². The van der Waals surface area contributed by atoms with Crippen LogP contribution < -0.4 is 5.01 Å². The summed E-state index contributed by atoms with van der Waals surface area (Å²) in [5.41, 5.74) is 3.83. The molecular formula is C21H14Cl4N2. The van der Waals surface area contributed by atoms with Gasteiger partial charge in [0, 0.05) is 22.0 Å². The van der Waals surface area contributed by atoms with Gasteiger partial charge in [-0.25, -0.2) is 0 Å². The van der Waals surface area contributed by atoms with E-state index in [1.807, 2.05) is 65.7 Å². The molecule has 0 aliphatic carbocycles. The molecule has 0 N–H and O–H groups in total. The summed E-state index contributed by atoms with van der Waals surface area (Å²) in [5.74, 6) is 0. The highest BCUT2D eigenvalue weighted by molar-refractivity contribution is 6.42. The van der Waals surface area contributed by atoms with Gasteiger partial charge < -0.3 is 0 Å². The van der Waals surface area contributed by atoms with Gasteiger partial charge in [-0.1, -0.05) is 76.7 Å². The third-order valence-corrected chi connectivity index (χ3v) is 5.84. The zero-order valence-corrected chi connectivity index (χ0v) is 17.1. The number of halogens is 4. The minimum atomic E-state index is 0.00535. The van der Waals surface area contributed by atoms with Crippen molar-refractivity contribution in [1.29, 1.82) is 0 Å². The Bertz CT molecular complexity index is 1010. The lowest BCUT2D eigenvalue weighted by Gasteiger charge is -2.24. The van der Waals surface area contributed by atoms with Crippen LogP contribution in [0, 0.1) is 0 Å². The monoisotopic (exact) mass is 434 g/mol. The summed E-state index contributed by atoms with van der Waals surface area (Å²) in [6.07, 6.45) is 0.714. The topological polar surface area (TPSA) is 15.6 Å². The minimum absolute atomic E-state index is 0.00535. The molecular weight excluding hydrogens is 422 g/mol. The number of hydrogen-bond donors (Lipinski definition) is 0. The third-order valence-electron chi connectivity index (χ3n) is 4.52. The van der Waals surface area contributed by atoms with E-state index in [4.69, 9.17) is 51.5 Å². The zero-order chi connectivity index (χ0) is 19.0. The van der Waals surface area contributed by atoms with Crippen molar-refractivity contribution in [2.75, 3.05) is 5.01 Å². The van der Waals surface area contributed by atoms with Crippen molar-refractivity contribution in [2.24, 2.45) is 5.10 Å². The Balaban J connectivity index is 1.79. The first kappa shape index (κ1) is 18.6. The number of benzene rings is 3. The van der Waals surface area contributed by atoms with Gasteiger partial charge >= 0.3 is 0 Å². The summed E-state index contributed by atoms with van der Waals surface area (Å²) in [5, 5.41) is 9.22. The molecule has 4 rings (SSSR count). The van der Waals surface area contributed by atoms with E-state index >= 15 is 0 Å². The van der Waals surface area contributed by atoms with E-state index in [2.05, 4.69) is 0 Å². The molecule has 0 aromatic heterocycles. The fourth-order valence-corrected chi connectivity index (χ4v) is 3.84. The molecule has 3 aromatic rings. The predicted octanol–water partition coefficient (Wildman–Crippen LogP) is 7.66. The maximum absolute atomic E-state index is 6.40. The van der Waals surface area contributed by atoms with Gasteiger partial charge in [-0.15, -0.1) is 0 Å². The van der Waals surface area contributed by atoms with Gasteiger partial charge in [0.15, 0.2) is 0 Å². The molecule has 1 heterocycles. The van der Waals surface area contributed by atoms with Crippen molar-refractivity contribution in [1.82, 2.24) is 0 Å². The average molecular weight is 436 g/mol. The van der Waals surface area contributed by atoms with Crippen LogP contribution in [0.1, 0.15) is 23.6 Å². The van der Waals surface area contributed by atoms with E-state index in [-0.39, 0.29) is 6.04 Å². The van der Waals surface area contributed by atoms with E-state index in [1.165, 1.54) is 0 Å². The third kappa shape index (κ3) is 3.81. The van der Waals surface area contributed by atoms with Crippen LogP contribution in [-0.2, 0) is 0 Å². The second-order valence-electron chi connectivity index (χ2n) is 6.24. The molecule has 0 unspecified atom stereocenters. The van der Waals surface area contributed by atoms with E-state index < -0.39 is 0 Å². The Hall–Kier alpha value is -1.71. The first-order valence-electron chi connectivity index (χ1n) is 8.35. The summed E-state index contributed by atoms with van der Waals surface area (Å²) >= 11 is 24.8. The quantitative estimate of drug-likeness (QED) is 0.412. The maximum Gasteiger partial charge on any atom is 0.0831 e. The SMILES string of the molecule is Clc1ccc([C@H]2CC(c3ccccc3Cl)=NN2c2ccc(Cl)c(Cl)c2)cc1. The highest BCUT2D eigenvalue weighted by atomic mass is 35.5. The fraction of sp³-hybridized carbons (Fsp3) is 0.0952. The van der Waals surface area contributed by atoms with Crippen molar-refractivity contribution < 1.29 is 0 Å².